The number of amides is 1. The van der Waals surface area contributed by atoms with Crippen LogP contribution in [0.15, 0.2) is 4.99 Å². The summed E-state index contributed by atoms with van der Waals surface area (Å²) in [6, 6.07) is -0.0252. The Balaban J connectivity index is 2.00. The average Bonchev–Trinajstić information content (AvgIpc) is 2.74. The molecule has 1 amide bonds. The summed E-state index contributed by atoms with van der Waals surface area (Å²) in [4.78, 5) is 15.8. The predicted molar refractivity (Wildman–Crippen MR) is 55.0 cm³/mol. The molecular formula is C10H17N3O. The zero-order valence-corrected chi connectivity index (χ0v) is 8.55. The molecule has 1 heterocycles. The maximum atomic E-state index is 11.6. The molecule has 1 saturated carbocycles. The third-order valence-corrected chi connectivity index (χ3v) is 3.00. The van der Waals surface area contributed by atoms with Crippen molar-refractivity contribution in [2.24, 2.45) is 10.9 Å². The molecule has 4 nitrogen and oxygen atoms in total. The summed E-state index contributed by atoms with van der Waals surface area (Å²) in [5.74, 6) is 1.28. The van der Waals surface area contributed by atoms with Crippen molar-refractivity contribution in [1.82, 2.24) is 10.6 Å². The topological polar surface area (TPSA) is 53.5 Å². The zero-order valence-electron chi connectivity index (χ0n) is 8.55. The van der Waals surface area contributed by atoms with Crippen molar-refractivity contribution in [2.45, 2.75) is 38.6 Å². The van der Waals surface area contributed by atoms with Crippen LogP contribution in [-0.2, 0) is 4.79 Å². The molecule has 78 valence electrons. The van der Waals surface area contributed by atoms with Crippen LogP contribution in [0.2, 0.25) is 0 Å². The van der Waals surface area contributed by atoms with Crippen LogP contribution in [0.1, 0.15) is 32.6 Å². The number of carbonyl (C=O) groups is 1. The van der Waals surface area contributed by atoms with Gasteiger partial charge in [0.15, 0.2) is 5.96 Å². The van der Waals surface area contributed by atoms with Gasteiger partial charge in [0.1, 0.15) is 6.04 Å². The van der Waals surface area contributed by atoms with Gasteiger partial charge in [0.2, 0.25) is 5.91 Å². The van der Waals surface area contributed by atoms with Crippen molar-refractivity contribution >= 4 is 11.9 Å². The second-order valence-corrected chi connectivity index (χ2v) is 3.98. The molecule has 1 unspecified atom stereocenters. The van der Waals surface area contributed by atoms with Gasteiger partial charge in [-0.05, 0) is 25.7 Å². The fourth-order valence-corrected chi connectivity index (χ4v) is 2.31. The number of rotatable bonds is 2. The normalized spacial score (nSPS) is 30.8. The van der Waals surface area contributed by atoms with Crippen molar-refractivity contribution in [1.29, 1.82) is 0 Å². The molecule has 4 heteroatoms. The lowest BCUT2D eigenvalue weighted by Gasteiger charge is -2.14. The van der Waals surface area contributed by atoms with Crippen LogP contribution in [0.4, 0.5) is 0 Å². The first-order valence-corrected chi connectivity index (χ1v) is 5.43. The number of carbonyl (C=O) groups excluding carboxylic acids is 1. The summed E-state index contributed by atoms with van der Waals surface area (Å²) in [7, 11) is 0. The van der Waals surface area contributed by atoms with Gasteiger partial charge < -0.3 is 5.32 Å². The van der Waals surface area contributed by atoms with E-state index in [0.29, 0.717) is 18.4 Å². The van der Waals surface area contributed by atoms with E-state index >= 15 is 0 Å². The molecule has 1 saturated heterocycles. The van der Waals surface area contributed by atoms with Crippen molar-refractivity contribution in [3.63, 3.8) is 0 Å². The first-order valence-electron chi connectivity index (χ1n) is 5.43. The molecule has 1 aliphatic carbocycles. The van der Waals surface area contributed by atoms with E-state index in [1.54, 1.807) is 0 Å². The van der Waals surface area contributed by atoms with E-state index in [0.717, 1.165) is 0 Å². The second-order valence-electron chi connectivity index (χ2n) is 3.98. The van der Waals surface area contributed by atoms with Crippen LogP contribution in [0, 0.1) is 5.92 Å². The highest BCUT2D eigenvalue weighted by atomic mass is 16.2. The SMILES string of the molecule is CCN=C1NC(=O)C(C2CCCC2)N1. The van der Waals surface area contributed by atoms with Gasteiger partial charge in [0.25, 0.3) is 0 Å². The molecule has 2 rings (SSSR count). The van der Waals surface area contributed by atoms with Crippen molar-refractivity contribution in [2.75, 3.05) is 6.54 Å². The first-order chi connectivity index (χ1) is 6.81. The van der Waals surface area contributed by atoms with Gasteiger partial charge in [-0.15, -0.1) is 0 Å². The summed E-state index contributed by atoms with van der Waals surface area (Å²) in [6.45, 7) is 2.67. The molecule has 2 aliphatic rings. The van der Waals surface area contributed by atoms with E-state index in [1.165, 1.54) is 25.7 Å². The quantitative estimate of drug-likeness (QED) is 0.679. The largest absolute Gasteiger partial charge is 0.344 e. The predicted octanol–water partition coefficient (Wildman–Crippen LogP) is 0.640. The van der Waals surface area contributed by atoms with E-state index in [9.17, 15) is 4.79 Å². The lowest BCUT2D eigenvalue weighted by Crippen LogP contribution is -2.35. The Morgan fingerprint density at radius 1 is 1.43 bits per heavy atom. The second kappa shape index (κ2) is 3.98. The van der Waals surface area contributed by atoms with Crippen LogP contribution in [0.5, 0.6) is 0 Å². The van der Waals surface area contributed by atoms with Gasteiger partial charge in [-0.1, -0.05) is 12.8 Å². The van der Waals surface area contributed by atoms with Crippen LogP contribution >= 0.6 is 0 Å². The Morgan fingerprint density at radius 3 is 2.79 bits per heavy atom. The molecule has 0 radical (unpaired) electrons. The number of nitrogens with one attached hydrogen (secondary N) is 2. The van der Waals surface area contributed by atoms with Gasteiger partial charge >= 0.3 is 0 Å². The molecule has 2 N–H and O–H groups in total. The third-order valence-electron chi connectivity index (χ3n) is 3.00. The van der Waals surface area contributed by atoms with Crippen molar-refractivity contribution in [3.05, 3.63) is 0 Å². The highest BCUT2D eigenvalue weighted by molar-refractivity contribution is 6.06. The van der Waals surface area contributed by atoms with Crippen molar-refractivity contribution < 1.29 is 4.79 Å². The van der Waals surface area contributed by atoms with Crippen molar-refractivity contribution in [3.8, 4) is 0 Å². The summed E-state index contributed by atoms with van der Waals surface area (Å²) in [5.41, 5.74) is 0. The van der Waals surface area contributed by atoms with Gasteiger partial charge in [0, 0.05) is 6.54 Å². The summed E-state index contributed by atoms with van der Waals surface area (Å²) in [5, 5.41) is 5.95. The van der Waals surface area contributed by atoms with E-state index in [2.05, 4.69) is 15.6 Å². The minimum absolute atomic E-state index is 0.0252. The number of nitrogens with zero attached hydrogens (tertiary/aromatic N) is 1. The summed E-state index contributed by atoms with van der Waals surface area (Å²) < 4.78 is 0. The van der Waals surface area contributed by atoms with Gasteiger partial charge in [0.05, 0.1) is 0 Å². The molecule has 0 aromatic heterocycles. The van der Waals surface area contributed by atoms with E-state index < -0.39 is 0 Å². The van der Waals surface area contributed by atoms with Gasteiger partial charge in [-0.2, -0.15) is 0 Å². The molecule has 2 fully saturated rings. The minimum atomic E-state index is -0.0252. The third kappa shape index (κ3) is 1.74. The Bertz CT molecular complexity index is 256. The number of guanidine groups is 1. The molecule has 1 aliphatic heterocycles. The molecule has 1 atom stereocenters. The highest BCUT2D eigenvalue weighted by Gasteiger charge is 2.36. The maximum Gasteiger partial charge on any atom is 0.249 e. The monoisotopic (exact) mass is 195 g/mol. The number of hydrogen-bond donors (Lipinski definition) is 2. The van der Waals surface area contributed by atoms with Crippen LogP contribution in [-0.4, -0.2) is 24.5 Å². The molecule has 0 aromatic carbocycles. The number of hydrogen-bond acceptors (Lipinski definition) is 2. The fraction of sp³-hybridized carbons (Fsp3) is 0.800. The van der Waals surface area contributed by atoms with Gasteiger partial charge in [-0.25, -0.2) is 0 Å². The summed E-state index contributed by atoms with van der Waals surface area (Å²) in [6.07, 6.45) is 4.86. The lowest BCUT2D eigenvalue weighted by molar-refractivity contribution is -0.121. The molecule has 0 spiro atoms. The van der Waals surface area contributed by atoms with Crippen LogP contribution < -0.4 is 10.6 Å². The maximum absolute atomic E-state index is 11.6. The zero-order chi connectivity index (χ0) is 9.97. The highest BCUT2D eigenvalue weighted by Crippen LogP contribution is 2.28. The average molecular weight is 195 g/mol. The number of aliphatic imine (C=N–C) groups is 1. The van der Waals surface area contributed by atoms with Gasteiger partial charge in [-0.3, -0.25) is 15.1 Å². The Kier molecular flexibility index (Phi) is 2.70. The smallest absolute Gasteiger partial charge is 0.249 e. The summed E-state index contributed by atoms with van der Waals surface area (Å²) >= 11 is 0. The van der Waals surface area contributed by atoms with E-state index in [4.69, 9.17) is 0 Å². The van der Waals surface area contributed by atoms with Crippen LogP contribution in [0.25, 0.3) is 0 Å². The standard InChI is InChI=1S/C10H17N3O/c1-2-11-10-12-8(9(14)13-10)7-5-3-4-6-7/h7-8H,2-6H2,1H3,(H2,11,12,13,14). The Morgan fingerprint density at radius 2 is 2.14 bits per heavy atom. The molecule has 0 bridgehead atoms. The Hall–Kier alpha value is -1.06. The first kappa shape index (κ1) is 9.49. The Labute approximate surface area is 84.2 Å². The lowest BCUT2D eigenvalue weighted by atomic mass is 9.99. The molecule has 0 aromatic rings. The van der Waals surface area contributed by atoms with E-state index in [-0.39, 0.29) is 11.9 Å². The van der Waals surface area contributed by atoms with Crippen LogP contribution in [0.3, 0.4) is 0 Å². The fourth-order valence-electron chi connectivity index (χ4n) is 2.31. The van der Waals surface area contributed by atoms with E-state index in [1.807, 2.05) is 6.92 Å². The molecule has 14 heavy (non-hydrogen) atoms. The molecular weight excluding hydrogens is 178 g/mol. The minimum Gasteiger partial charge on any atom is -0.344 e.